The lowest BCUT2D eigenvalue weighted by atomic mass is 9.94. The minimum atomic E-state index is -0.0413. The fourth-order valence-corrected chi connectivity index (χ4v) is 3.85. The molecule has 1 aromatic rings. The molecule has 4 heteroatoms. The van der Waals surface area contributed by atoms with Crippen molar-refractivity contribution in [2.45, 2.75) is 85.2 Å². The molecular weight excluding hydrogens is 392 g/mol. The summed E-state index contributed by atoms with van der Waals surface area (Å²) in [6.45, 7) is 20.3. The summed E-state index contributed by atoms with van der Waals surface area (Å²) in [7, 11) is 0. The van der Waals surface area contributed by atoms with Crippen LogP contribution < -0.4 is 16.4 Å². The van der Waals surface area contributed by atoms with Crippen LogP contribution >= 0.6 is 0 Å². The lowest BCUT2D eigenvalue weighted by molar-refractivity contribution is 0.497. The number of unbranched alkanes of at least 4 members (excludes halogenated alkanes) is 2. The zero-order valence-electron chi connectivity index (χ0n) is 21.1. The molecule has 0 saturated heterocycles. The average Bonchev–Trinajstić information content (AvgIpc) is 2.74. The molecule has 1 aromatic carbocycles. The molecule has 0 fully saturated rings. The fraction of sp³-hybridized carbons (Fsp3) is 0.536. The molecule has 0 saturated carbocycles. The van der Waals surface area contributed by atoms with Crippen LogP contribution in [-0.4, -0.2) is 24.5 Å². The SMILES string of the molecule is C=C(NCC)C(=CC)[C@H](Cc1ccccc1)NC(=C)C(CC(C)C)N=C(N)CCCCC. The van der Waals surface area contributed by atoms with Crippen molar-refractivity contribution >= 4 is 5.84 Å². The topological polar surface area (TPSA) is 62.4 Å². The number of likely N-dealkylation sites (N-methyl/N-ethyl adjacent to an activating group) is 1. The Bertz CT molecular complexity index is 746. The molecule has 0 radical (unpaired) electrons. The third-order valence-electron chi connectivity index (χ3n) is 5.52. The van der Waals surface area contributed by atoms with E-state index in [-0.39, 0.29) is 12.1 Å². The lowest BCUT2D eigenvalue weighted by Gasteiger charge is -2.29. The van der Waals surface area contributed by atoms with E-state index in [1.165, 1.54) is 18.4 Å². The van der Waals surface area contributed by atoms with Gasteiger partial charge in [0.15, 0.2) is 0 Å². The molecular formula is C28H46N4. The number of benzene rings is 1. The molecule has 1 rings (SSSR count). The van der Waals surface area contributed by atoms with E-state index in [4.69, 9.17) is 10.7 Å². The first-order valence-corrected chi connectivity index (χ1v) is 12.2. The molecule has 0 bridgehead atoms. The highest BCUT2D eigenvalue weighted by Crippen LogP contribution is 2.20. The second-order valence-electron chi connectivity index (χ2n) is 8.89. The van der Waals surface area contributed by atoms with E-state index in [0.717, 1.165) is 55.0 Å². The van der Waals surface area contributed by atoms with Gasteiger partial charge >= 0.3 is 0 Å². The Labute approximate surface area is 197 Å². The van der Waals surface area contributed by atoms with Gasteiger partial charge in [-0.25, -0.2) is 0 Å². The summed E-state index contributed by atoms with van der Waals surface area (Å²) in [4.78, 5) is 4.89. The quantitative estimate of drug-likeness (QED) is 0.126. The van der Waals surface area contributed by atoms with Crippen LogP contribution in [0.25, 0.3) is 0 Å². The van der Waals surface area contributed by atoms with Gasteiger partial charge < -0.3 is 16.4 Å². The van der Waals surface area contributed by atoms with E-state index >= 15 is 0 Å². The Morgan fingerprint density at radius 1 is 1.12 bits per heavy atom. The molecule has 0 spiro atoms. The van der Waals surface area contributed by atoms with E-state index in [1.54, 1.807) is 0 Å². The summed E-state index contributed by atoms with van der Waals surface area (Å²) >= 11 is 0. The van der Waals surface area contributed by atoms with Gasteiger partial charge in [0.1, 0.15) is 0 Å². The summed E-state index contributed by atoms with van der Waals surface area (Å²) < 4.78 is 0. The normalized spacial score (nSPS) is 14.2. The molecule has 0 aliphatic heterocycles. The Morgan fingerprint density at radius 2 is 1.81 bits per heavy atom. The predicted octanol–water partition coefficient (Wildman–Crippen LogP) is 6.12. The summed E-state index contributed by atoms with van der Waals surface area (Å²) in [5, 5.41) is 7.09. The molecule has 4 N–H and O–H groups in total. The van der Waals surface area contributed by atoms with E-state index in [1.807, 2.05) is 6.07 Å². The van der Waals surface area contributed by atoms with Gasteiger partial charge in [0, 0.05) is 24.4 Å². The van der Waals surface area contributed by atoms with Crippen LogP contribution in [0.5, 0.6) is 0 Å². The molecule has 0 amide bonds. The summed E-state index contributed by atoms with van der Waals surface area (Å²) in [6.07, 6.45) is 8.19. The number of nitrogens with zero attached hydrogens (tertiary/aromatic N) is 1. The van der Waals surface area contributed by atoms with Crippen molar-refractivity contribution in [2.24, 2.45) is 16.6 Å². The molecule has 0 aliphatic rings. The highest BCUT2D eigenvalue weighted by Gasteiger charge is 2.21. The van der Waals surface area contributed by atoms with Crippen LogP contribution in [0.4, 0.5) is 0 Å². The van der Waals surface area contributed by atoms with Crippen molar-refractivity contribution < 1.29 is 0 Å². The predicted molar refractivity (Wildman–Crippen MR) is 142 cm³/mol. The smallest absolute Gasteiger partial charge is 0.0945 e. The standard InChI is InChI=1S/C28H46N4/c1-8-11-13-18-28(29)32-26(19-21(4)5)23(7)31-27(20-24-16-14-12-15-17-24)25(9-2)22(6)30-10-3/h9,12,14-17,21,26-27,30-31H,6-8,10-11,13,18-20H2,1-5H3,(H2,29,32)/t26?,27-/m0/s1. The molecule has 178 valence electrons. The Hall–Kier alpha value is -2.49. The second kappa shape index (κ2) is 15.3. The van der Waals surface area contributed by atoms with Crippen molar-refractivity contribution in [3.63, 3.8) is 0 Å². The van der Waals surface area contributed by atoms with Crippen LogP contribution in [0.3, 0.4) is 0 Å². The number of rotatable bonds is 16. The number of nitrogens with two attached hydrogens (primary N) is 1. The van der Waals surface area contributed by atoms with Gasteiger partial charge in [-0.05, 0) is 50.2 Å². The highest BCUT2D eigenvalue weighted by atomic mass is 15.0. The third kappa shape index (κ3) is 10.2. The number of nitrogens with one attached hydrogen (secondary N) is 2. The Kier molecular flexibility index (Phi) is 13.2. The average molecular weight is 439 g/mol. The number of amidine groups is 1. The second-order valence-corrected chi connectivity index (χ2v) is 8.89. The number of hydrogen-bond acceptors (Lipinski definition) is 3. The van der Waals surface area contributed by atoms with Gasteiger partial charge in [-0.3, -0.25) is 4.99 Å². The molecule has 0 aromatic heterocycles. The van der Waals surface area contributed by atoms with Crippen LogP contribution in [0, 0.1) is 5.92 Å². The maximum atomic E-state index is 6.30. The van der Waals surface area contributed by atoms with Crippen LogP contribution in [0.2, 0.25) is 0 Å². The van der Waals surface area contributed by atoms with Gasteiger partial charge in [-0.1, -0.05) is 83.2 Å². The maximum Gasteiger partial charge on any atom is 0.0945 e. The van der Waals surface area contributed by atoms with Gasteiger partial charge in [-0.2, -0.15) is 0 Å². The first-order valence-electron chi connectivity index (χ1n) is 12.2. The van der Waals surface area contributed by atoms with E-state index in [2.05, 4.69) is 88.8 Å². The van der Waals surface area contributed by atoms with Gasteiger partial charge in [0.25, 0.3) is 0 Å². The van der Waals surface area contributed by atoms with E-state index < -0.39 is 0 Å². The molecule has 1 unspecified atom stereocenters. The zero-order chi connectivity index (χ0) is 23.9. The van der Waals surface area contributed by atoms with Crippen molar-refractivity contribution in [3.8, 4) is 0 Å². The van der Waals surface area contributed by atoms with E-state index in [0.29, 0.717) is 5.92 Å². The minimum absolute atomic E-state index is 0.0413. The lowest BCUT2D eigenvalue weighted by Crippen LogP contribution is -2.38. The monoisotopic (exact) mass is 438 g/mol. The number of aliphatic imine (C=N–C) groups is 1. The highest BCUT2D eigenvalue weighted by molar-refractivity contribution is 5.80. The van der Waals surface area contributed by atoms with Crippen LogP contribution in [-0.2, 0) is 6.42 Å². The minimum Gasteiger partial charge on any atom is -0.387 e. The third-order valence-corrected chi connectivity index (χ3v) is 5.52. The Morgan fingerprint density at radius 3 is 2.38 bits per heavy atom. The van der Waals surface area contributed by atoms with Gasteiger partial charge in [-0.15, -0.1) is 0 Å². The summed E-state index contributed by atoms with van der Waals surface area (Å²) in [6, 6.07) is 10.5. The Balaban J connectivity index is 3.12. The molecule has 4 nitrogen and oxygen atoms in total. The fourth-order valence-electron chi connectivity index (χ4n) is 3.85. The van der Waals surface area contributed by atoms with Gasteiger partial charge in [0.2, 0.25) is 0 Å². The number of hydrogen-bond donors (Lipinski definition) is 3. The number of allylic oxidation sites excluding steroid dienone is 1. The first-order chi connectivity index (χ1) is 15.3. The summed E-state index contributed by atoms with van der Waals surface area (Å²) in [5.74, 6) is 1.23. The molecule has 0 heterocycles. The van der Waals surface area contributed by atoms with Crippen LogP contribution in [0.1, 0.15) is 72.3 Å². The maximum absolute atomic E-state index is 6.30. The van der Waals surface area contributed by atoms with Crippen LogP contribution in [0.15, 0.2) is 71.5 Å². The van der Waals surface area contributed by atoms with Crippen molar-refractivity contribution in [3.05, 3.63) is 72.1 Å². The molecule has 32 heavy (non-hydrogen) atoms. The van der Waals surface area contributed by atoms with Crippen molar-refractivity contribution in [2.75, 3.05) is 6.54 Å². The van der Waals surface area contributed by atoms with Crippen molar-refractivity contribution in [1.29, 1.82) is 0 Å². The van der Waals surface area contributed by atoms with E-state index in [9.17, 15) is 0 Å². The summed E-state index contributed by atoms with van der Waals surface area (Å²) in [5.41, 5.74) is 10.6. The zero-order valence-corrected chi connectivity index (χ0v) is 21.1. The van der Waals surface area contributed by atoms with Crippen molar-refractivity contribution in [1.82, 2.24) is 10.6 Å². The van der Waals surface area contributed by atoms with Gasteiger partial charge in [0.05, 0.1) is 17.9 Å². The first kappa shape index (κ1) is 27.5. The molecule has 2 atom stereocenters. The largest absolute Gasteiger partial charge is 0.387 e. The molecule has 0 aliphatic carbocycles.